The molecule has 0 atom stereocenters. The molecule has 88 valence electrons. The van der Waals surface area contributed by atoms with Crippen molar-refractivity contribution in [1.29, 1.82) is 0 Å². The minimum atomic E-state index is -1.05. The number of hydrogen-bond acceptors (Lipinski definition) is 4. The molecule has 5 nitrogen and oxygen atoms in total. The molecule has 1 fully saturated rings. The summed E-state index contributed by atoms with van der Waals surface area (Å²) in [5.41, 5.74) is -0.0311. The molecular weight excluding hydrogens is 208 g/mol. The highest BCUT2D eigenvalue weighted by molar-refractivity contribution is 5.85. The maximum absolute atomic E-state index is 10.7. The smallest absolute Gasteiger partial charge is 0.357 e. The van der Waals surface area contributed by atoms with Crippen LogP contribution in [0.5, 0.6) is 0 Å². The Morgan fingerprint density at radius 2 is 2.38 bits per heavy atom. The zero-order valence-corrected chi connectivity index (χ0v) is 9.51. The van der Waals surface area contributed by atoms with E-state index in [0.29, 0.717) is 11.9 Å². The summed E-state index contributed by atoms with van der Waals surface area (Å²) >= 11 is 0. The van der Waals surface area contributed by atoms with E-state index in [1.807, 2.05) is 18.7 Å². The van der Waals surface area contributed by atoms with Gasteiger partial charge in [-0.1, -0.05) is 0 Å². The molecule has 1 heterocycles. The van der Waals surface area contributed by atoms with Crippen molar-refractivity contribution < 1.29 is 14.3 Å². The van der Waals surface area contributed by atoms with Gasteiger partial charge < -0.3 is 14.4 Å². The number of nitrogens with zero attached hydrogens (tertiary/aromatic N) is 2. The van der Waals surface area contributed by atoms with Crippen LogP contribution in [0.4, 0.5) is 6.01 Å². The summed E-state index contributed by atoms with van der Waals surface area (Å²) < 4.78 is 5.21. The number of oxazole rings is 1. The molecule has 0 unspecified atom stereocenters. The largest absolute Gasteiger partial charge is 0.476 e. The Kier molecular flexibility index (Phi) is 2.85. The fourth-order valence-electron chi connectivity index (χ4n) is 1.58. The number of carboxylic acid groups (broad SMARTS) is 1. The standard InChI is InChI=1S/C11H16N2O3/c1-7(2)13(5-8-3-4-8)11-12-9(6-16-11)10(14)15/h6-8H,3-5H2,1-2H3,(H,14,15). The Balaban J connectivity index is 2.13. The first-order valence-electron chi connectivity index (χ1n) is 5.53. The van der Waals surface area contributed by atoms with E-state index >= 15 is 0 Å². The van der Waals surface area contributed by atoms with Crippen molar-refractivity contribution in [2.24, 2.45) is 5.92 Å². The molecule has 0 saturated heterocycles. The number of rotatable bonds is 5. The van der Waals surface area contributed by atoms with Crippen molar-refractivity contribution in [1.82, 2.24) is 4.98 Å². The van der Waals surface area contributed by atoms with Gasteiger partial charge in [-0.2, -0.15) is 4.98 Å². The third-order valence-corrected chi connectivity index (χ3v) is 2.73. The van der Waals surface area contributed by atoms with Gasteiger partial charge in [-0.25, -0.2) is 4.79 Å². The zero-order valence-electron chi connectivity index (χ0n) is 9.51. The summed E-state index contributed by atoms with van der Waals surface area (Å²) in [4.78, 5) is 16.7. The Morgan fingerprint density at radius 1 is 1.69 bits per heavy atom. The summed E-state index contributed by atoms with van der Waals surface area (Å²) in [6.45, 7) is 5.00. The van der Waals surface area contributed by atoms with Gasteiger partial charge in [0.25, 0.3) is 6.01 Å². The minimum absolute atomic E-state index is 0.0311. The molecule has 0 aliphatic heterocycles. The predicted octanol–water partition coefficient (Wildman–Crippen LogP) is 2.00. The van der Waals surface area contributed by atoms with Crippen LogP contribution in [0.2, 0.25) is 0 Å². The van der Waals surface area contributed by atoms with Crippen molar-refractivity contribution in [3.63, 3.8) is 0 Å². The van der Waals surface area contributed by atoms with Gasteiger partial charge >= 0.3 is 5.97 Å². The van der Waals surface area contributed by atoms with E-state index in [2.05, 4.69) is 4.98 Å². The first kappa shape index (κ1) is 11.0. The number of carboxylic acids is 1. The lowest BCUT2D eigenvalue weighted by atomic mass is 10.3. The number of anilines is 1. The average molecular weight is 224 g/mol. The highest BCUT2D eigenvalue weighted by Crippen LogP contribution is 2.32. The van der Waals surface area contributed by atoms with Crippen LogP contribution in [0, 0.1) is 5.92 Å². The lowest BCUT2D eigenvalue weighted by molar-refractivity contribution is 0.0690. The normalized spacial score (nSPS) is 15.4. The Labute approximate surface area is 94.1 Å². The van der Waals surface area contributed by atoms with E-state index in [9.17, 15) is 4.79 Å². The van der Waals surface area contributed by atoms with Gasteiger partial charge in [-0.15, -0.1) is 0 Å². The Morgan fingerprint density at radius 3 is 2.81 bits per heavy atom. The van der Waals surface area contributed by atoms with Gasteiger partial charge in [0.2, 0.25) is 0 Å². The lowest BCUT2D eigenvalue weighted by Crippen LogP contribution is -2.33. The Bertz CT molecular complexity index is 382. The van der Waals surface area contributed by atoms with Crippen LogP contribution in [0.1, 0.15) is 37.2 Å². The molecule has 1 aromatic heterocycles. The van der Waals surface area contributed by atoms with Gasteiger partial charge in [0.05, 0.1) is 0 Å². The quantitative estimate of drug-likeness (QED) is 0.828. The third kappa shape index (κ3) is 2.35. The molecule has 1 N–H and O–H groups in total. The molecule has 5 heteroatoms. The summed E-state index contributed by atoms with van der Waals surface area (Å²) in [6, 6.07) is 0.681. The number of carbonyl (C=O) groups is 1. The lowest BCUT2D eigenvalue weighted by Gasteiger charge is -2.24. The number of aromatic carboxylic acids is 1. The van der Waals surface area contributed by atoms with Crippen LogP contribution >= 0.6 is 0 Å². The predicted molar refractivity (Wildman–Crippen MR) is 58.7 cm³/mol. The van der Waals surface area contributed by atoms with E-state index in [-0.39, 0.29) is 11.7 Å². The molecule has 0 bridgehead atoms. The van der Waals surface area contributed by atoms with E-state index in [1.165, 1.54) is 19.1 Å². The van der Waals surface area contributed by atoms with Crippen LogP contribution < -0.4 is 4.90 Å². The fourth-order valence-corrected chi connectivity index (χ4v) is 1.58. The minimum Gasteiger partial charge on any atom is -0.476 e. The van der Waals surface area contributed by atoms with Gasteiger partial charge in [0.15, 0.2) is 5.69 Å². The monoisotopic (exact) mass is 224 g/mol. The van der Waals surface area contributed by atoms with Crippen LogP contribution in [0.25, 0.3) is 0 Å². The first-order valence-corrected chi connectivity index (χ1v) is 5.53. The third-order valence-electron chi connectivity index (χ3n) is 2.73. The average Bonchev–Trinajstić information content (AvgIpc) is 2.89. The molecule has 16 heavy (non-hydrogen) atoms. The SMILES string of the molecule is CC(C)N(CC1CC1)c1nc(C(=O)O)co1. The van der Waals surface area contributed by atoms with Gasteiger partial charge in [-0.05, 0) is 32.6 Å². The fraction of sp³-hybridized carbons (Fsp3) is 0.636. The van der Waals surface area contributed by atoms with Crippen molar-refractivity contribution >= 4 is 12.0 Å². The van der Waals surface area contributed by atoms with Crippen LogP contribution in [-0.2, 0) is 0 Å². The summed E-state index contributed by atoms with van der Waals surface area (Å²) in [5, 5.41) is 8.77. The molecule has 1 aliphatic carbocycles. The van der Waals surface area contributed by atoms with Crippen LogP contribution in [0.15, 0.2) is 10.7 Å². The van der Waals surface area contributed by atoms with Crippen molar-refractivity contribution in [2.45, 2.75) is 32.7 Å². The number of hydrogen-bond donors (Lipinski definition) is 1. The molecular formula is C11H16N2O3. The molecule has 2 rings (SSSR count). The zero-order chi connectivity index (χ0) is 11.7. The highest BCUT2D eigenvalue weighted by atomic mass is 16.4. The van der Waals surface area contributed by atoms with Crippen LogP contribution in [0.3, 0.4) is 0 Å². The maximum Gasteiger partial charge on any atom is 0.357 e. The molecule has 0 radical (unpaired) electrons. The summed E-state index contributed by atoms with van der Waals surface area (Å²) in [6.07, 6.45) is 3.69. The molecule has 0 amide bonds. The second-order valence-electron chi connectivity index (χ2n) is 4.51. The van der Waals surface area contributed by atoms with Gasteiger partial charge in [0.1, 0.15) is 6.26 Å². The second-order valence-corrected chi connectivity index (χ2v) is 4.51. The second kappa shape index (κ2) is 4.15. The first-order chi connectivity index (χ1) is 7.58. The summed E-state index contributed by atoms with van der Waals surface area (Å²) in [7, 11) is 0. The van der Waals surface area contributed by atoms with Crippen molar-refractivity contribution in [2.75, 3.05) is 11.4 Å². The van der Waals surface area contributed by atoms with Crippen LogP contribution in [-0.4, -0.2) is 28.6 Å². The van der Waals surface area contributed by atoms with Gasteiger partial charge in [-0.3, -0.25) is 0 Å². The maximum atomic E-state index is 10.7. The van der Waals surface area contributed by atoms with Gasteiger partial charge in [0, 0.05) is 12.6 Å². The molecule has 1 aliphatic rings. The Hall–Kier alpha value is -1.52. The van der Waals surface area contributed by atoms with E-state index in [0.717, 1.165) is 6.54 Å². The number of aromatic nitrogens is 1. The highest BCUT2D eigenvalue weighted by Gasteiger charge is 2.28. The van der Waals surface area contributed by atoms with E-state index < -0.39 is 5.97 Å². The molecule has 0 aromatic carbocycles. The van der Waals surface area contributed by atoms with Crippen molar-refractivity contribution in [3.05, 3.63) is 12.0 Å². The van der Waals surface area contributed by atoms with E-state index in [1.54, 1.807) is 0 Å². The summed E-state index contributed by atoms with van der Waals surface area (Å²) in [5.74, 6) is -0.340. The topological polar surface area (TPSA) is 66.6 Å². The molecule has 0 spiro atoms. The molecule has 1 saturated carbocycles. The molecule has 1 aromatic rings. The van der Waals surface area contributed by atoms with E-state index in [4.69, 9.17) is 9.52 Å². The van der Waals surface area contributed by atoms with Crippen molar-refractivity contribution in [3.8, 4) is 0 Å².